The molecular weight excluding hydrogens is 293 g/mol. The second-order valence-electron chi connectivity index (χ2n) is 3.28. The van der Waals surface area contributed by atoms with E-state index in [0.717, 1.165) is 9.34 Å². The Morgan fingerprint density at radius 3 is 2.33 bits per heavy atom. The fourth-order valence-corrected chi connectivity index (χ4v) is 4.75. The van der Waals surface area contributed by atoms with Crippen molar-refractivity contribution in [1.29, 1.82) is 0 Å². The van der Waals surface area contributed by atoms with Crippen LogP contribution in [-0.2, 0) is 0 Å². The van der Waals surface area contributed by atoms with Crippen molar-refractivity contribution in [3.63, 3.8) is 0 Å². The molecule has 9 heavy (non-hydrogen) atoms. The van der Waals surface area contributed by atoms with Gasteiger partial charge in [-0.25, -0.2) is 3.93 Å². The molecule has 0 unspecified atom stereocenters. The molecule has 1 saturated carbocycles. The van der Waals surface area contributed by atoms with Crippen molar-refractivity contribution >= 4 is 38.7 Å². The van der Waals surface area contributed by atoms with Crippen molar-refractivity contribution in [2.45, 2.75) is 16.8 Å². The van der Waals surface area contributed by atoms with Gasteiger partial charge in [-0.05, 0) is 18.3 Å². The molecule has 0 aromatic rings. The molecule has 1 saturated heterocycles. The van der Waals surface area contributed by atoms with Gasteiger partial charge in [0.2, 0.25) is 0 Å². The summed E-state index contributed by atoms with van der Waals surface area (Å²) in [4.78, 5) is 0. The first kappa shape index (κ1) is 6.85. The lowest BCUT2D eigenvalue weighted by atomic mass is 9.65. The summed E-state index contributed by atoms with van der Waals surface area (Å²) in [5.41, 5.74) is 0.759. The Kier molecular flexibility index (Phi) is 1.58. The smallest absolute Gasteiger partial charge is 0.0163 e. The first-order chi connectivity index (χ1) is 4.20. The number of alkyl halides is 1. The van der Waals surface area contributed by atoms with Gasteiger partial charge in [-0.1, -0.05) is 22.6 Å². The van der Waals surface area contributed by atoms with Gasteiger partial charge in [-0.2, -0.15) is 0 Å². The van der Waals surface area contributed by atoms with Crippen LogP contribution in [0.15, 0.2) is 0 Å². The standard InChI is InChI=1S/C6H9BrIN/c7-9-3-6(4-9)1-5(8)2-6/h5H,1-4H2. The van der Waals surface area contributed by atoms with E-state index in [1.54, 1.807) is 0 Å². The molecule has 2 fully saturated rings. The fourth-order valence-electron chi connectivity index (χ4n) is 1.82. The van der Waals surface area contributed by atoms with Crippen LogP contribution in [-0.4, -0.2) is 20.9 Å². The van der Waals surface area contributed by atoms with Gasteiger partial charge >= 0.3 is 0 Å². The van der Waals surface area contributed by atoms with Crippen LogP contribution in [0.5, 0.6) is 0 Å². The van der Waals surface area contributed by atoms with E-state index in [4.69, 9.17) is 0 Å². The van der Waals surface area contributed by atoms with E-state index in [1.807, 2.05) is 0 Å². The minimum absolute atomic E-state index is 0.759. The largest absolute Gasteiger partial charge is 0.241 e. The zero-order valence-electron chi connectivity index (χ0n) is 5.11. The van der Waals surface area contributed by atoms with E-state index in [9.17, 15) is 0 Å². The monoisotopic (exact) mass is 301 g/mol. The van der Waals surface area contributed by atoms with Crippen LogP contribution in [0.25, 0.3) is 0 Å². The summed E-state index contributed by atoms with van der Waals surface area (Å²) in [5, 5.41) is 0. The maximum atomic E-state index is 3.46. The van der Waals surface area contributed by atoms with Crippen molar-refractivity contribution in [2.24, 2.45) is 5.41 Å². The van der Waals surface area contributed by atoms with Gasteiger partial charge < -0.3 is 0 Å². The molecule has 1 nitrogen and oxygen atoms in total. The quantitative estimate of drug-likeness (QED) is 0.377. The van der Waals surface area contributed by atoms with Crippen LogP contribution in [0, 0.1) is 5.41 Å². The average molecular weight is 302 g/mol. The molecule has 0 atom stereocenters. The van der Waals surface area contributed by atoms with Gasteiger partial charge in [-0.3, -0.25) is 0 Å². The Hall–Kier alpha value is 1.17. The summed E-state index contributed by atoms with van der Waals surface area (Å²) in [6.45, 7) is 2.57. The first-order valence-electron chi connectivity index (χ1n) is 3.25. The normalized spacial score (nSPS) is 34.0. The molecule has 0 bridgehead atoms. The topological polar surface area (TPSA) is 3.24 Å². The van der Waals surface area contributed by atoms with Crippen LogP contribution < -0.4 is 0 Å². The van der Waals surface area contributed by atoms with Crippen LogP contribution in [0.1, 0.15) is 12.8 Å². The van der Waals surface area contributed by atoms with Gasteiger partial charge in [0.05, 0.1) is 0 Å². The zero-order chi connectivity index (χ0) is 6.48. The van der Waals surface area contributed by atoms with E-state index < -0.39 is 0 Å². The Bertz CT molecular complexity index is 108. The van der Waals surface area contributed by atoms with Crippen molar-refractivity contribution in [1.82, 2.24) is 3.93 Å². The maximum absolute atomic E-state index is 3.46. The summed E-state index contributed by atoms with van der Waals surface area (Å²) in [7, 11) is 0. The van der Waals surface area contributed by atoms with Gasteiger partial charge in [0.15, 0.2) is 0 Å². The molecule has 2 aliphatic rings. The highest BCUT2D eigenvalue weighted by Gasteiger charge is 2.50. The molecule has 0 aromatic carbocycles. The Labute approximate surface area is 77.7 Å². The molecule has 52 valence electrons. The van der Waals surface area contributed by atoms with E-state index in [2.05, 4.69) is 42.7 Å². The molecule has 1 spiro atoms. The lowest BCUT2D eigenvalue weighted by Gasteiger charge is -2.55. The van der Waals surface area contributed by atoms with E-state index >= 15 is 0 Å². The van der Waals surface area contributed by atoms with Gasteiger partial charge in [-0.15, -0.1) is 0 Å². The molecule has 0 radical (unpaired) electrons. The minimum atomic E-state index is 0.759. The van der Waals surface area contributed by atoms with E-state index in [0.29, 0.717) is 0 Å². The number of halogens is 2. The maximum Gasteiger partial charge on any atom is 0.0163 e. The van der Waals surface area contributed by atoms with Crippen molar-refractivity contribution in [2.75, 3.05) is 13.1 Å². The SMILES string of the molecule is BrN1CC2(CC(I)C2)C1. The second kappa shape index (κ2) is 2.08. The minimum Gasteiger partial charge on any atom is -0.241 e. The summed E-state index contributed by atoms with van der Waals surface area (Å²) in [5.74, 6) is 0. The Morgan fingerprint density at radius 1 is 1.44 bits per heavy atom. The highest BCUT2D eigenvalue weighted by atomic mass is 127. The number of hydrogen-bond donors (Lipinski definition) is 0. The predicted octanol–water partition coefficient (Wildman–Crippen LogP) is 2.20. The molecule has 1 heterocycles. The molecule has 0 aromatic heterocycles. The molecule has 1 aliphatic heterocycles. The number of hydrogen-bond acceptors (Lipinski definition) is 1. The van der Waals surface area contributed by atoms with Crippen molar-refractivity contribution in [3.05, 3.63) is 0 Å². The molecule has 0 N–H and O–H groups in total. The highest BCUT2D eigenvalue weighted by molar-refractivity contribution is 14.1. The van der Waals surface area contributed by atoms with Crippen molar-refractivity contribution < 1.29 is 0 Å². The first-order valence-corrected chi connectivity index (χ1v) is 5.21. The Morgan fingerprint density at radius 2 is 2.00 bits per heavy atom. The van der Waals surface area contributed by atoms with Gasteiger partial charge in [0, 0.05) is 33.2 Å². The molecule has 0 amide bonds. The molecule has 1 aliphatic carbocycles. The summed E-state index contributed by atoms with van der Waals surface area (Å²) in [6.07, 6.45) is 2.91. The third-order valence-corrected chi connectivity index (χ3v) is 3.71. The van der Waals surface area contributed by atoms with Crippen LogP contribution in [0.4, 0.5) is 0 Å². The highest BCUT2D eigenvalue weighted by Crippen LogP contribution is 2.52. The van der Waals surface area contributed by atoms with Crippen LogP contribution >= 0.6 is 38.7 Å². The van der Waals surface area contributed by atoms with Gasteiger partial charge in [0.25, 0.3) is 0 Å². The Balaban J connectivity index is 1.87. The van der Waals surface area contributed by atoms with Crippen LogP contribution in [0.3, 0.4) is 0 Å². The summed E-state index contributed by atoms with van der Waals surface area (Å²) >= 11 is 6.01. The second-order valence-corrected chi connectivity index (χ2v) is 6.05. The van der Waals surface area contributed by atoms with Gasteiger partial charge in [0.1, 0.15) is 0 Å². The fraction of sp³-hybridized carbons (Fsp3) is 1.00. The summed E-state index contributed by atoms with van der Waals surface area (Å²) < 4.78 is 3.21. The average Bonchev–Trinajstić information content (AvgIpc) is 1.58. The number of rotatable bonds is 0. The number of nitrogens with zero attached hydrogens (tertiary/aromatic N) is 1. The third-order valence-electron chi connectivity index (χ3n) is 2.32. The molecule has 3 heteroatoms. The zero-order valence-corrected chi connectivity index (χ0v) is 8.85. The lowest BCUT2D eigenvalue weighted by molar-refractivity contribution is 0.0130. The van der Waals surface area contributed by atoms with E-state index in [-0.39, 0.29) is 0 Å². The summed E-state index contributed by atoms with van der Waals surface area (Å²) in [6, 6.07) is 0. The van der Waals surface area contributed by atoms with E-state index in [1.165, 1.54) is 25.9 Å². The predicted molar refractivity (Wildman–Crippen MR) is 50.0 cm³/mol. The lowest BCUT2D eigenvalue weighted by Crippen LogP contribution is -2.58. The third kappa shape index (κ3) is 1.05. The molecule has 2 rings (SSSR count). The molecular formula is C6H9BrIN. The van der Waals surface area contributed by atoms with Crippen molar-refractivity contribution in [3.8, 4) is 0 Å². The van der Waals surface area contributed by atoms with Crippen LogP contribution in [0.2, 0.25) is 0 Å².